The molecule has 0 atom stereocenters. The minimum atomic E-state index is 0.721. The molecule has 0 unspecified atom stereocenters. The lowest BCUT2D eigenvalue weighted by Gasteiger charge is -2.12. The van der Waals surface area contributed by atoms with Crippen molar-refractivity contribution < 1.29 is 4.74 Å². The Balaban J connectivity index is 2.01. The van der Waals surface area contributed by atoms with Crippen LogP contribution < -0.4 is 0 Å². The van der Waals surface area contributed by atoms with Crippen molar-refractivity contribution in [2.45, 2.75) is 20.1 Å². The van der Waals surface area contributed by atoms with Gasteiger partial charge in [0.25, 0.3) is 0 Å². The molecule has 94 valence electrons. The number of benzene rings is 2. The van der Waals surface area contributed by atoms with Crippen molar-refractivity contribution in [2.24, 2.45) is 0 Å². The molecule has 0 bridgehead atoms. The van der Waals surface area contributed by atoms with Crippen molar-refractivity contribution in [2.75, 3.05) is 0 Å². The highest BCUT2D eigenvalue weighted by atomic mass is 16.5. The van der Waals surface area contributed by atoms with Gasteiger partial charge in [-0.25, -0.2) is 0 Å². The predicted molar refractivity (Wildman–Crippen MR) is 76.5 cm³/mol. The second-order valence-electron chi connectivity index (χ2n) is 5.10. The van der Waals surface area contributed by atoms with Gasteiger partial charge < -0.3 is 9.30 Å². The van der Waals surface area contributed by atoms with E-state index in [0.717, 1.165) is 13.2 Å². The molecule has 3 aromatic rings. The molecule has 0 fully saturated rings. The van der Waals surface area contributed by atoms with Gasteiger partial charge in [0, 0.05) is 11.8 Å². The third-order valence-corrected chi connectivity index (χ3v) is 3.99. The fraction of sp³-hybridized carbons (Fsp3) is 0.176. The number of hydrogen-bond acceptors (Lipinski definition) is 1. The van der Waals surface area contributed by atoms with Crippen molar-refractivity contribution >= 4 is 10.9 Å². The normalized spacial score (nSPS) is 13.9. The Morgan fingerprint density at radius 1 is 0.947 bits per heavy atom. The molecule has 0 spiro atoms. The third-order valence-electron chi connectivity index (χ3n) is 3.99. The topological polar surface area (TPSA) is 14.2 Å². The van der Waals surface area contributed by atoms with E-state index in [0.29, 0.717) is 0 Å². The summed E-state index contributed by atoms with van der Waals surface area (Å²) in [5, 5.41) is 1.27. The standard InChI is InChI=1S/C17H15NO/c1-12-6-7-17(15-11-19-10-14(12)15)18-9-8-13-4-2-3-5-16(13)18/h2-9H,10-11H2,1H3. The van der Waals surface area contributed by atoms with E-state index in [1.165, 1.54) is 33.3 Å². The van der Waals surface area contributed by atoms with Crippen LogP contribution in [-0.2, 0) is 18.0 Å². The number of hydrogen-bond donors (Lipinski definition) is 0. The van der Waals surface area contributed by atoms with E-state index >= 15 is 0 Å². The second-order valence-corrected chi connectivity index (χ2v) is 5.10. The van der Waals surface area contributed by atoms with Gasteiger partial charge in [-0.05, 0) is 41.6 Å². The number of fused-ring (bicyclic) bond motifs is 2. The summed E-state index contributed by atoms with van der Waals surface area (Å²) in [4.78, 5) is 0. The van der Waals surface area contributed by atoms with Crippen LogP contribution >= 0.6 is 0 Å². The van der Waals surface area contributed by atoms with Gasteiger partial charge in [0.15, 0.2) is 0 Å². The van der Waals surface area contributed by atoms with E-state index in [9.17, 15) is 0 Å². The fourth-order valence-electron chi connectivity index (χ4n) is 2.93. The van der Waals surface area contributed by atoms with E-state index < -0.39 is 0 Å². The maximum Gasteiger partial charge on any atom is 0.0745 e. The Hall–Kier alpha value is -2.06. The molecule has 0 amide bonds. The van der Waals surface area contributed by atoms with Crippen LogP contribution in [0.5, 0.6) is 0 Å². The largest absolute Gasteiger partial charge is 0.372 e. The molecular weight excluding hydrogens is 234 g/mol. The van der Waals surface area contributed by atoms with E-state index in [4.69, 9.17) is 4.74 Å². The summed E-state index contributed by atoms with van der Waals surface area (Å²) in [5.41, 5.74) is 6.52. The highest BCUT2D eigenvalue weighted by molar-refractivity contribution is 5.82. The summed E-state index contributed by atoms with van der Waals surface area (Å²) in [6.45, 7) is 3.62. The molecule has 2 heterocycles. The monoisotopic (exact) mass is 249 g/mol. The lowest BCUT2D eigenvalue weighted by molar-refractivity contribution is 0.134. The SMILES string of the molecule is Cc1ccc(-n2ccc3ccccc32)c2c1COC2. The van der Waals surface area contributed by atoms with Crippen LogP contribution in [0.15, 0.2) is 48.7 Å². The molecule has 0 saturated carbocycles. The highest BCUT2D eigenvalue weighted by Gasteiger charge is 2.18. The van der Waals surface area contributed by atoms with Crippen LogP contribution in [0.4, 0.5) is 0 Å². The van der Waals surface area contributed by atoms with Gasteiger partial charge in [0.1, 0.15) is 0 Å². The molecule has 1 aliphatic heterocycles. The molecule has 2 nitrogen and oxygen atoms in total. The van der Waals surface area contributed by atoms with Gasteiger partial charge in [-0.1, -0.05) is 24.3 Å². The maximum atomic E-state index is 5.63. The first-order valence-corrected chi connectivity index (χ1v) is 6.60. The van der Waals surface area contributed by atoms with Crippen LogP contribution in [0, 0.1) is 6.92 Å². The molecular formula is C17H15NO. The summed E-state index contributed by atoms with van der Waals surface area (Å²) in [6.07, 6.45) is 2.15. The van der Waals surface area contributed by atoms with Crippen molar-refractivity contribution in [1.82, 2.24) is 4.57 Å². The molecule has 2 aromatic carbocycles. The molecule has 0 saturated heterocycles. The number of rotatable bonds is 1. The third kappa shape index (κ3) is 1.53. The van der Waals surface area contributed by atoms with Crippen LogP contribution in [0.2, 0.25) is 0 Å². The minimum absolute atomic E-state index is 0.721. The summed E-state index contributed by atoms with van der Waals surface area (Å²) in [7, 11) is 0. The van der Waals surface area contributed by atoms with Gasteiger partial charge in [-0.3, -0.25) is 0 Å². The Labute approximate surface area is 112 Å². The van der Waals surface area contributed by atoms with Crippen LogP contribution in [0.3, 0.4) is 0 Å². The number of aryl methyl sites for hydroxylation is 1. The average molecular weight is 249 g/mol. The molecule has 1 aromatic heterocycles. The zero-order valence-corrected chi connectivity index (χ0v) is 10.9. The number of ether oxygens (including phenoxy) is 1. The quantitative estimate of drug-likeness (QED) is 0.636. The smallest absolute Gasteiger partial charge is 0.0745 e. The second kappa shape index (κ2) is 3.97. The molecule has 0 radical (unpaired) electrons. The number of nitrogens with zero attached hydrogens (tertiary/aromatic N) is 1. The first kappa shape index (κ1) is 10.8. The van der Waals surface area contributed by atoms with E-state index in [1.54, 1.807) is 0 Å². The van der Waals surface area contributed by atoms with E-state index in [2.05, 4.69) is 60.2 Å². The van der Waals surface area contributed by atoms with Gasteiger partial charge in [-0.15, -0.1) is 0 Å². The zero-order valence-electron chi connectivity index (χ0n) is 10.9. The van der Waals surface area contributed by atoms with Crippen molar-refractivity contribution in [3.05, 3.63) is 65.4 Å². The first-order chi connectivity index (χ1) is 9.34. The summed E-state index contributed by atoms with van der Waals surface area (Å²) in [6, 6.07) is 15.0. The molecule has 0 aliphatic carbocycles. The van der Waals surface area contributed by atoms with Gasteiger partial charge in [0.2, 0.25) is 0 Å². The van der Waals surface area contributed by atoms with Gasteiger partial charge in [-0.2, -0.15) is 0 Å². The van der Waals surface area contributed by atoms with Gasteiger partial charge in [0.05, 0.1) is 24.4 Å². The highest BCUT2D eigenvalue weighted by Crippen LogP contribution is 2.31. The van der Waals surface area contributed by atoms with Gasteiger partial charge >= 0.3 is 0 Å². The Morgan fingerprint density at radius 3 is 2.74 bits per heavy atom. The summed E-state index contributed by atoms with van der Waals surface area (Å²) in [5.74, 6) is 0. The van der Waals surface area contributed by atoms with Crippen LogP contribution in [-0.4, -0.2) is 4.57 Å². The summed E-state index contributed by atoms with van der Waals surface area (Å²) >= 11 is 0. The molecule has 1 aliphatic rings. The zero-order chi connectivity index (χ0) is 12.8. The maximum absolute atomic E-state index is 5.63. The number of para-hydroxylation sites is 1. The lowest BCUT2D eigenvalue weighted by atomic mass is 10.0. The minimum Gasteiger partial charge on any atom is -0.372 e. The lowest BCUT2D eigenvalue weighted by Crippen LogP contribution is -1.99. The van der Waals surface area contributed by atoms with Crippen LogP contribution in [0.25, 0.3) is 16.6 Å². The summed E-state index contributed by atoms with van der Waals surface area (Å²) < 4.78 is 7.90. The Morgan fingerprint density at radius 2 is 1.79 bits per heavy atom. The van der Waals surface area contributed by atoms with E-state index in [1.807, 2.05) is 0 Å². The first-order valence-electron chi connectivity index (χ1n) is 6.60. The Kier molecular flexibility index (Phi) is 2.26. The molecule has 4 rings (SSSR count). The van der Waals surface area contributed by atoms with Crippen molar-refractivity contribution in [3.8, 4) is 5.69 Å². The molecule has 0 N–H and O–H groups in total. The van der Waals surface area contributed by atoms with Crippen molar-refractivity contribution in [1.29, 1.82) is 0 Å². The molecule has 19 heavy (non-hydrogen) atoms. The fourth-order valence-corrected chi connectivity index (χ4v) is 2.93. The number of aromatic nitrogens is 1. The van der Waals surface area contributed by atoms with E-state index in [-0.39, 0.29) is 0 Å². The van der Waals surface area contributed by atoms with Crippen molar-refractivity contribution in [3.63, 3.8) is 0 Å². The van der Waals surface area contributed by atoms with Crippen LogP contribution in [0.1, 0.15) is 16.7 Å². The molecule has 2 heteroatoms. The average Bonchev–Trinajstić information content (AvgIpc) is 3.06. The predicted octanol–water partition coefficient (Wildman–Crippen LogP) is 3.97. The Bertz CT molecular complexity index is 770.